The summed E-state index contributed by atoms with van der Waals surface area (Å²) in [5.41, 5.74) is 1.60. The number of likely N-dealkylation sites (tertiary alicyclic amines) is 1. The zero-order chi connectivity index (χ0) is 18.0. The van der Waals surface area contributed by atoms with Crippen molar-refractivity contribution in [1.29, 1.82) is 0 Å². The first-order valence-electron chi connectivity index (χ1n) is 9.07. The fraction of sp³-hybridized carbons (Fsp3) is 0.722. The molecular weight excluding hydrogens is 322 g/mol. The smallest absolute Gasteiger partial charge is 0.345 e. The molecule has 138 valence electrons. The van der Waals surface area contributed by atoms with Crippen molar-refractivity contribution >= 4 is 5.91 Å². The van der Waals surface area contributed by atoms with Gasteiger partial charge in [-0.25, -0.2) is 4.79 Å². The van der Waals surface area contributed by atoms with Crippen molar-refractivity contribution in [1.82, 2.24) is 14.9 Å². The number of carbonyl (C=O) groups is 1. The van der Waals surface area contributed by atoms with Crippen LogP contribution in [0.5, 0.6) is 0 Å². The summed E-state index contributed by atoms with van der Waals surface area (Å²) in [4.78, 5) is 32.4. The van der Waals surface area contributed by atoms with Gasteiger partial charge in [-0.05, 0) is 51.5 Å². The van der Waals surface area contributed by atoms with Crippen LogP contribution in [0.2, 0.25) is 0 Å². The van der Waals surface area contributed by atoms with Crippen molar-refractivity contribution in [3.8, 4) is 0 Å². The molecule has 1 amide bonds. The normalized spacial score (nSPS) is 23.0. The molecule has 25 heavy (non-hydrogen) atoms. The van der Waals surface area contributed by atoms with Crippen molar-refractivity contribution in [3.05, 3.63) is 27.4 Å². The molecule has 1 aromatic rings. The van der Waals surface area contributed by atoms with Crippen LogP contribution in [-0.4, -0.2) is 57.3 Å². The van der Waals surface area contributed by atoms with Gasteiger partial charge in [0.1, 0.15) is 0 Å². The van der Waals surface area contributed by atoms with E-state index in [9.17, 15) is 14.7 Å². The third-order valence-electron chi connectivity index (χ3n) is 5.62. The molecule has 0 saturated carbocycles. The Morgan fingerprint density at radius 1 is 1.40 bits per heavy atom. The maximum Gasteiger partial charge on any atom is 0.345 e. The van der Waals surface area contributed by atoms with E-state index in [0.29, 0.717) is 51.1 Å². The summed E-state index contributed by atoms with van der Waals surface area (Å²) in [7, 11) is 0. The van der Waals surface area contributed by atoms with Crippen LogP contribution in [0.4, 0.5) is 0 Å². The summed E-state index contributed by atoms with van der Waals surface area (Å²) in [6.45, 7) is 5.58. The van der Waals surface area contributed by atoms with Gasteiger partial charge in [0, 0.05) is 37.5 Å². The molecule has 2 aliphatic heterocycles. The number of aliphatic hydroxyl groups is 1. The van der Waals surface area contributed by atoms with Crippen molar-refractivity contribution in [2.45, 2.75) is 64.1 Å². The second kappa shape index (κ2) is 7.25. The van der Waals surface area contributed by atoms with E-state index in [2.05, 4.69) is 9.97 Å². The number of hydrogen-bond acceptors (Lipinski definition) is 5. The van der Waals surface area contributed by atoms with Crippen LogP contribution >= 0.6 is 0 Å². The molecular formula is C18H27N3O4. The number of amides is 1. The Balaban J connectivity index is 1.56. The van der Waals surface area contributed by atoms with Crippen LogP contribution in [0.15, 0.2) is 4.79 Å². The predicted molar refractivity (Wildman–Crippen MR) is 92.4 cm³/mol. The monoisotopic (exact) mass is 349 g/mol. The van der Waals surface area contributed by atoms with Crippen molar-refractivity contribution in [2.75, 3.05) is 19.7 Å². The number of nitrogens with one attached hydrogen (secondary N) is 1. The summed E-state index contributed by atoms with van der Waals surface area (Å²) in [6, 6.07) is 0. The number of aryl methyl sites for hydroxylation is 2. The number of piperidine rings is 1. The molecule has 2 saturated heterocycles. The van der Waals surface area contributed by atoms with Crippen molar-refractivity contribution in [2.24, 2.45) is 0 Å². The van der Waals surface area contributed by atoms with Gasteiger partial charge in [0.05, 0.1) is 11.7 Å². The molecule has 3 rings (SSSR count). The first-order valence-corrected chi connectivity index (χ1v) is 9.07. The van der Waals surface area contributed by atoms with E-state index in [-0.39, 0.29) is 11.6 Å². The Bertz CT molecular complexity index is 666. The number of aromatic amines is 1. The Morgan fingerprint density at radius 3 is 2.76 bits per heavy atom. The molecule has 3 heterocycles. The van der Waals surface area contributed by atoms with E-state index in [1.165, 1.54) is 0 Å². The molecule has 0 unspecified atom stereocenters. The number of ether oxygens (including phenoxy) is 1. The lowest BCUT2D eigenvalue weighted by molar-refractivity contribution is -0.179. The number of rotatable bonds is 3. The standard InChI is InChI=1S/C18H27N3O4/c1-12-14(13(2)20-17(24)19-12)5-6-16(23)21-9-7-18(8-10-21)15(22)4-3-11-25-18/h15,22H,3-11H2,1-2H3,(H,19,20,24)/t15-/m1/s1. The third kappa shape index (κ3) is 3.77. The zero-order valence-electron chi connectivity index (χ0n) is 15.0. The van der Waals surface area contributed by atoms with E-state index in [1.807, 2.05) is 11.8 Å². The summed E-state index contributed by atoms with van der Waals surface area (Å²) in [6.07, 6.45) is 3.61. The first kappa shape index (κ1) is 18.1. The minimum Gasteiger partial charge on any atom is -0.390 e. The molecule has 0 radical (unpaired) electrons. The fourth-order valence-electron chi connectivity index (χ4n) is 4.04. The maximum absolute atomic E-state index is 12.5. The van der Waals surface area contributed by atoms with Crippen LogP contribution < -0.4 is 5.69 Å². The SMILES string of the molecule is Cc1nc(=O)[nH]c(C)c1CCC(=O)N1CCC2(CC1)OCCC[C@H]2O. The average molecular weight is 349 g/mol. The topological polar surface area (TPSA) is 95.5 Å². The Hall–Kier alpha value is -1.73. The van der Waals surface area contributed by atoms with Gasteiger partial charge in [-0.1, -0.05) is 0 Å². The molecule has 7 nitrogen and oxygen atoms in total. The number of aliphatic hydroxyl groups excluding tert-OH is 1. The van der Waals surface area contributed by atoms with Crippen LogP contribution in [-0.2, 0) is 16.0 Å². The van der Waals surface area contributed by atoms with Crippen molar-refractivity contribution in [3.63, 3.8) is 0 Å². The van der Waals surface area contributed by atoms with Crippen LogP contribution in [0, 0.1) is 13.8 Å². The molecule has 2 fully saturated rings. The molecule has 0 aromatic carbocycles. The average Bonchev–Trinajstić information content (AvgIpc) is 2.57. The third-order valence-corrected chi connectivity index (χ3v) is 5.62. The maximum atomic E-state index is 12.5. The van der Waals surface area contributed by atoms with Gasteiger partial charge in [-0.3, -0.25) is 4.79 Å². The summed E-state index contributed by atoms with van der Waals surface area (Å²) >= 11 is 0. The highest BCUT2D eigenvalue weighted by molar-refractivity contribution is 5.76. The Morgan fingerprint density at radius 2 is 2.12 bits per heavy atom. The fourth-order valence-corrected chi connectivity index (χ4v) is 4.04. The summed E-state index contributed by atoms with van der Waals surface area (Å²) in [5.74, 6) is 0.102. The van der Waals surface area contributed by atoms with E-state index in [0.717, 1.165) is 24.1 Å². The lowest BCUT2D eigenvalue weighted by atomic mass is 9.82. The Labute approximate surface area is 147 Å². The molecule has 1 aromatic heterocycles. The summed E-state index contributed by atoms with van der Waals surface area (Å²) in [5, 5.41) is 10.3. The van der Waals surface area contributed by atoms with Crippen LogP contribution in [0.25, 0.3) is 0 Å². The van der Waals surface area contributed by atoms with Gasteiger partial charge in [-0.2, -0.15) is 4.98 Å². The molecule has 0 aliphatic carbocycles. The second-order valence-electron chi connectivity index (χ2n) is 7.18. The largest absolute Gasteiger partial charge is 0.390 e. The Kier molecular flexibility index (Phi) is 5.24. The van der Waals surface area contributed by atoms with Gasteiger partial charge in [-0.15, -0.1) is 0 Å². The van der Waals surface area contributed by atoms with Gasteiger partial charge in [0.15, 0.2) is 0 Å². The molecule has 1 spiro atoms. The predicted octanol–water partition coefficient (Wildman–Crippen LogP) is 0.852. The lowest BCUT2D eigenvalue weighted by Gasteiger charge is -2.46. The number of aromatic nitrogens is 2. The highest BCUT2D eigenvalue weighted by Crippen LogP contribution is 2.35. The molecule has 0 bridgehead atoms. The van der Waals surface area contributed by atoms with Gasteiger partial charge < -0.3 is 19.7 Å². The first-order chi connectivity index (χ1) is 11.9. The van der Waals surface area contributed by atoms with Gasteiger partial charge in [0.2, 0.25) is 5.91 Å². The van der Waals surface area contributed by atoms with Gasteiger partial charge >= 0.3 is 5.69 Å². The van der Waals surface area contributed by atoms with Crippen LogP contribution in [0.3, 0.4) is 0 Å². The van der Waals surface area contributed by atoms with Crippen molar-refractivity contribution < 1.29 is 14.6 Å². The second-order valence-corrected chi connectivity index (χ2v) is 7.18. The highest BCUT2D eigenvalue weighted by atomic mass is 16.5. The molecule has 2 N–H and O–H groups in total. The zero-order valence-corrected chi connectivity index (χ0v) is 15.0. The highest BCUT2D eigenvalue weighted by Gasteiger charge is 2.44. The number of nitrogens with zero attached hydrogens (tertiary/aromatic N) is 2. The lowest BCUT2D eigenvalue weighted by Crippen LogP contribution is -2.56. The van der Waals surface area contributed by atoms with Gasteiger partial charge in [0.25, 0.3) is 0 Å². The molecule has 7 heteroatoms. The minimum absolute atomic E-state index is 0.102. The van der Waals surface area contributed by atoms with E-state index in [1.54, 1.807) is 6.92 Å². The molecule has 1 atom stereocenters. The molecule has 2 aliphatic rings. The van der Waals surface area contributed by atoms with E-state index < -0.39 is 11.7 Å². The quantitative estimate of drug-likeness (QED) is 0.843. The number of carbonyl (C=O) groups excluding carboxylic acids is 1. The number of H-pyrrole nitrogens is 1. The minimum atomic E-state index is -0.453. The number of hydrogen-bond donors (Lipinski definition) is 2. The van der Waals surface area contributed by atoms with E-state index >= 15 is 0 Å². The van der Waals surface area contributed by atoms with Crippen LogP contribution in [0.1, 0.15) is 49.1 Å². The summed E-state index contributed by atoms with van der Waals surface area (Å²) < 4.78 is 5.89. The van der Waals surface area contributed by atoms with E-state index in [4.69, 9.17) is 4.74 Å².